The number of benzene rings is 2. The molecule has 2 heteroatoms. The molecule has 1 atom stereocenters. The third-order valence-electron chi connectivity index (χ3n) is 5.12. The molecule has 0 aliphatic carbocycles. The Bertz CT molecular complexity index is 741. The van der Waals surface area contributed by atoms with E-state index in [4.69, 9.17) is 0 Å². The summed E-state index contributed by atoms with van der Waals surface area (Å²) in [6.07, 6.45) is 3.17. The first-order chi connectivity index (χ1) is 11.4. The number of aryl methyl sites for hydroxylation is 1. The normalized spacial score (nSPS) is 19.5. The molecule has 0 bridgehead atoms. The van der Waals surface area contributed by atoms with E-state index in [0.29, 0.717) is 5.92 Å². The van der Waals surface area contributed by atoms with E-state index < -0.39 is 0 Å². The second-order valence-corrected chi connectivity index (χ2v) is 7.57. The Hall–Kier alpha value is -2.09. The van der Waals surface area contributed by atoms with Gasteiger partial charge in [0.25, 0.3) is 0 Å². The van der Waals surface area contributed by atoms with Crippen LogP contribution in [-0.4, -0.2) is 18.3 Å². The first-order valence-corrected chi connectivity index (χ1v) is 8.93. The van der Waals surface area contributed by atoms with Gasteiger partial charge in [0.1, 0.15) is 0 Å². The van der Waals surface area contributed by atoms with Crippen molar-refractivity contribution in [1.29, 1.82) is 0 Å². The van der Waals surface area contributed by atoms with Gasteiger partial charge < -0.3 is 4.90 Å². The van der Waals surface area contributed by atoms with Gasteiger partial charge in [-0.15, -0.1) is 0 Å². The quantitative estimate of drug-likeness (QED) is 0.647. The Morgan fingerprint density at radius 3 is 2.54 bits per heavy atom. The maximum absolute atomic E-state index is 4.62. The largest absolute Gasteiger partial charge is 0.366 e. The van der Waals surface area contributed by atoms with E-state index in [0.717, 1.165) is 12.2 Å². The van der Waals surface area contributed by atoms with Gasteiger partial charge in [-0.05, 0) is 75.4 Å². The van der Waals surface area contributed by atoms with Crippen molar-refractivity contribution < 1.29 is 0 Å². The van der Waals surface area contributed by atoms with Gasteiger partial charge in [0.2, 0.25) is 0 Å². The highest BCUT2D eigenvalue weighted by Gasteiger charge is 2.35. The molecule has 0 fully saturated rings. The fraction of sp³-hybridized carbons (Fsp3) is 0.409. The third-order valence-corrected chi connectivity index (χ3v) is 5.12. The zero-order chi connectivity index (χ0) is 17.3. The number of hydrogen-bond acceptors (Lipinski definition) is 2. The first kappa shape index (κ1) is 16.8. The number of aliphatic imine (C=N–C) groups is 1. The summed E-state index contributed by atoms with van der Waals surface area (Å²) in [4.78, 5) is 7.15. The predicted molar refractivity (Wildman–Crippen MR) is 105 cm³/mol. The van der Waals surface area contributed by atoms with Crippen LogP contribution in [0.2, 0.25) is 0 Å². The fourth-order valence-electron chi connectivity index (χ4n) is 3.97. The summed E-state index contributed by atoms with van der Waals surface area (Å²) in [6.45, 7) is 12.4. The average Bonchev–Trinajstić information content (AvgIpc) is 2.54. The van der Waals surface area contributed by atoms with Gasteiger partial charge in [-0.25, -0.2) is 0 Å². The van der Waals surface area contributed by atoms with Crippen LogP contribution < -0.4 is 4.90 Å². The first-order valence-electron chi connectivity index (χ1n) is 8.93. The lowest BCUT2D eigenvalue weighted by molar-refractivity contribution is 0.381. The van der Waals surface area contributed by atoms with E-state index in [1.807, 2.05) is 6.21 Å². The zero-order valence-electron chi connectivity index (χ0n) is 15.5. The Kier molecular flexibility index (Phi) is 4.49. The van der Waals surface area contributed by atoms with E-state index in [1.165, 1.54) is 28.8 Å². The SMILES string of the molecule is CCN1c2ccc(C=Nc3ccc(C)cc3)cc2[C@H](C)CC1(C)C. The van der Waals surface area contributed by atoms with Crippen molar-refractivity contribution in [1.82, 2.24) is 0 Å². The van der Waals surface area contributed by atoms with Crippen LogP contribution in [0.4, 0.5) is 11.4 Å². The molecule has 2 aromatic carbocycles. The van der Waals surface area contributed by atoms with Crippen molar-refractivity contribution in [2.24, 2.45) is 4.99 Å². The van der Waals surface area contributed by atoms with Crippen molar-refractivity contribution in [2.75, 3.05) is 11.4 Å². The van der Waals surface area contributed by atoms with Gasteiger partial charge in [-0.1, -0.05) is 30.7 Å². The Balaban J connectivity index is 1.91. The summed E-state index contributed by atoms with van der Waals surface area (Å²) in [5.74, 6) is 0.575. The van der Waals surface area contributed by atoms with Gasteiger partial charge in [0, 0.05) is 24.0 Å². The van der Waals surface area contributed by atoms with Gasteiger partial charge in [0.05, 0.1) is 5.69 Å². The van der Waals surface area contributed by atoms with Crippen LogP contribution in [0.5, 0.6) is 0 Å². The standard InChI is InChI=1S/C22H28N2/c1-6-24-21-12-9-18(13-20(21)17(3)14-22(24,4)5)15-23-19-10-7-16(2)8-11-19/h7-13,15,17H,6,14H2,1-5H3/t17-/m1/s1. The molecule has 0 spiro atoms. The molecule has 0 saturated carbocycles. The molecule has 1 aliphatic heterocycles. The molecule has 0 aromatic heterocycles. The molecule has 0 radical (unpaired) electrons. The van der Waals surface area contributed by atoms with Crippen molar-refractivity contribution in [3.8, 4) is 0 Å². The van der Waals surface area contributed by atoms with Crippen LogP contribution in [0, 0.1) is 6.92 Å². The number of hydrogen-bond donors (Lipinski definition) is 0. The lowest BCUT2D eigenvalue weighted by Gasteiger charge is -2.47. The smallest absolute Gasteiger partial charge is 0.0630 e. The Morgan fingerprint density at radius 1 is 1.17 bits per heavy atom. The lowest BCUT2D eigenvalue weighted by Crippen LogP contribution is -2.48. The monoisotopic (exact) mass is 320 g/mol. The van der Waals surface area contributed by atoms with Crippen molar-refractivity contribution in [3.63, 3.8) is 0 Å². The Labute approximate surface area is 146 Å². The maximum Gasteiger partial charge on any atom is 0.0630 e. The van der Waals surface area contributed by atoms with Gasteiger partial charge in [0.15, 0.2) is 0 Å². The number of rotatable bonds is 3. The van der Waals surface area contributed by atoms with Crippen LogP contribution in [0.1, 0.15) is 56.7 Å². The number of anilines is 1. The molecule has 0 amide bonds. The number of fused-ring (bicyclic) bond motifs is 1. The van der Waals surface area contributed by atoms with Gasteiger partial charge in [-0.3, -0.25) is 4.99 Å². The topological polar surface area (TPSA) is 15.6 Å². The highest BCUT2D eigenvalue weighted by atomic mass is 15.2. The molecule has 126 valence electrons. The zero-order valence-corrected chi connectivity index (χ0v) is 15.5. The predicted octanol–water partition coefficient (Wildman–Crippen LogP) is 5.86. The second kappa shape index (κ2) is 6.43. The maximum atomic E-state index is 4.62. The van der Waals surface area contributed by atoms with Crippen molar-refractivity contribution >= 4 is 17.6 Å². The van der Waals surface area contributed by atoms with Crippen molar-refractivity contribution in [3.05, 3.63) is 59.2 Å². The van der Waals surface area contributed by atoms with Crippen LogP contribution >= 0.6 is 0 Å². The molecular formula is C22H28N2. The third kappa shape index (κ3) is 3.24. The minimum absolute atomic E-state index is 0.221. The second-order valence-electron chi connectivity index (χ2n) is 7.57. The highest BCUT2D eigenvalue weighted by molar-refractivity contribution is 5.83. The molecule has 2 nitrogen and oxygen atoms in total. The Morgan fingerprint density at radius 2 is 1.88 bits per heavy atom. The summed E-state index contributed by atoms with van der Waals surface area (Å²) in [7, 11) is 0. The van der Waals surface area contributed by atoms with Gasteiger partial charge >= 0.3 is 0 Å². The highest BCUT2D eigenvalue weighted by Crippen LogP contribution is 2.43. The minimum Gasteiger partial charge on any atom is -0.366 e. The van der Waals surface area contributed by atoms with Crippen LogP contribution in [0.15, 0.2) is 47.5 Å². The summed E-state index contributed by atoms with van der Waals surface area (Å²) in [5.41, 5.74) is 6.50. The van der Waals surface area contributed by atoms with E-state index in [2.05, 4.69) is 87.0 Å². The molecule has 3 rings (SSSR count). The molecule has 0 unspecified atom stereocenters. The number of nitrogens with zero attached hydrogens (tertiary/aromatic N) is 2. The van der Waals surface area contributed by atoms with Crippen LogP contribution in [0.25, 0.3) is 0 Å². The van der Waals surface area contributed by atoms with Crippen molar-refractivity contribution in [2.45, 2.75) is 52.5 Å². The summed E-state index contributed by atoms with van der Waals surface area (Å²) in [6, 6.07) is 15.1. The molecular weight excluding hydrogens is 292 g/mol. The van der Waals surface area contributed by atoms with E-state index in [9.17, 15) is 0 Å². The van der Waals surface area contributed by atoms with E-state index in [-0.39, 0.29) is 5.54 Å². The molecule has 0 saturated heterocycles. The molecule has 0 N–H and O–H groups in total. The van der Waals surface area contributed by atoms with E-state index in [1.54, 1.807) is 0 Å². The molecule has 2 aromatic rings. The van der Waals surface area contributed by atoms with Crippen LogP contribution in [0.3, 0.4) is 0 Å². The average molecular weight is 320 g/mol. The lowest BCUT2D eigenvalue weighted by atomic mass is 9.79. The summed E-state index contributed by atoms with van der Waals surface area (Å²) >= 11 is 0. The van der Waals surface area contributed by atoms with E-state index >= 15 is 0 Å². The summed E-state index contributed by atoms with van der Waals surface area (Å²) in [5, 5.41) is 0. The molecule has 1 aliphatic rings. The minimum atomic E-state index is 0.221. The summed E-state index contributed by atoms with van der Waals surface area (Å²) < 4.78 is 0. The molecule has 24 heavy (non-hydrogen) atoms. The van der Waals surface area contributed by atoms with Crippen LogP contribution in [-0.2, 0) is 0 Å². The molecule has 1 heterocycles. The van der Waals surface area contributed by atoms with Gasteiger partial charge in [-0.2, -0.15) is 0 Å². The fourth-order valence-corrected chi connectivity index (χ4v) is 3.97.